The Kier molecular flexibility index (Phi) is 4.15. The van der Waals surface area contributed by atoms with Crippen molar-refractivity contribution in [1.29, 1.82) is 0 Å². The van der Waals surface area contributed by atoms with E-state index in [4.69, 9.17) is 4.74 Å². The monoisotopic (exact) mass is 313 g/mol. The van der Waals surface area contributed by atoms with Crippen LogP contribution in [0.2, 0.25) is 0 Å². The summed E-state index contributed by atoms with van der Waals surface area (Å²) in [7, 11) is 1.60. The number of ether oxygens (including phenoxy) is 1. The molecule has 0 saturated carbocycles. The predicted molar refractivity (Wildman–Crippen MR) is 71.5 cm³/mol. The zero-order valence-electron chi connectivity index (χ0n) is 9.26. The van der Waals surface area contributed by atoms with E-state index in [2.05, 4.69) is 20.9 Å². The zero-order chi connectivity index (χ0) is 12.3. The predicted octanol–water partition coefficient (Wildman–Crippen LogP) is 3.19. The van der Waals surface area contributed by atoms with E-state index >= 15 is 0 Å². The maximum absolute atomic E-state index is 10.2. The number of methoxy groups -OCH3 is 1. The third-order valence-corrected chi connectivity index (χ3v) is 3.73. The number of aromatic nitrogens is 1. The second kappa shape index (κ2) is 5.62. The number of rotatable bonds is 4. The normalized spacial score (nSPS) is 12.4. The van der Waals surface area contributed by atoms with Crippen molar-refractivity contribution in [1.82, 2.24) is 4.98 Å². The summed E-state index contributed by atoms with van der Waals surface area (Å²) >= 11 is 4.92. The number of hydrogen-bond acceptors (Lipinski definition) is 4. The van der Waals surface area contributed by atoms with Gasteiger partial charge in [-0.1, -0.05) is 22.0 Å². The minimum Gasteiger partial charge on any atom is -0.496 e. The van der Waals surface area contributed by atoms with E-state index in [-0.39, 0.29) is 0 Å². The van der Waals surface area contributed by atoms with Gasteiger partial charge in [0.05, 0.1) is 18.7 Å². The van der Waals surface area contributed by atoms with Crippen LogP contribution in [-0.2, 0) is 6.42 Å². The number of nitrogens with zero attached hydrogens (tertiary/aromatic N) is 1. The van der Waals surface area contributed by atoms with Gasteiger partial charge in [0.2, 0.25) is 0 Å². The Morgan fingerprint density at radius 1 is 1.53 bits per heavy atom. The quantitative estimate of drug-likeness (QED) is 0.942. The van der Waals surface area contributed by atoms with Crippen molar-refractivity contribution in [3.63, 3.8) is 0 Å². The molecular weight excluding hydrogens is 302 g/mol. The number of thiazole rings is 1. The maximum Gasteiger partial charge on any atom is 0.125 e. The van der Waals surface area contributed by atoms with Gasteiger partial charge in [0, 0.05) is 27.5 Å². The van der Waals surface area contributed by atoms with Gasteiger partial charge in [-0.2, -0.15) is 0 Å². The lowest BCUT2D eigenvalue weighted by Gasteiger charge is -2.14. The Morgan fingerprint density at radius 3 is 3.00 bits per heavy atom. The fraction of sp³-hybridized carbons (Fsp3) is 0.250. The number of hydrogen-bond donors (Lipinski definition) is 1. The Bertz CT molecular complexity index is 487. The van der Waals surface area contributed by atoms with Gasteiger partial charge in [-0.05, 0) is 12.1 Å². The summed E-state index contributed by atoms with van der Waals surface area (Å²) in [5.74, 6) is 0.691. The summed E-state index contributed by atoms with van der Waals surface area (Å²) in [6.45, 7) is 0. The highest BCUT2D eigenvalue weighted by atomic mass is 79.9. The van der Waals surface area contributed by atoms with Crippen molar-refractivity contribution >= 4 is 27.3 Å². The van der Waals surface area contributed by atoms with E-state index in [1.165, 1.54) is 0 Å². The second-order valence-electron chi connectivity index (χ2n) is 3.57. The van der Waals surface area contributed by atoms with Crippen LogP contribution in [0.5, 0.6) is 5.75 Å². The molecule has 0 aliphatic carbocycles. The molecule has 1 heterocycles. The Labute approximate surface area is 112 Å². The van der Waals surface area contributed by atoms with Crippen molar-refractivity contribution in [3.8, 4) is 5.75 Å². The van der Waals surface area contributed by atoms with Gasteiger partial charge in [-0.3, -0.25) is 4.98 Å². The molecule has 0 radical (unpaired) electrons. The minimum atomic E-state index is -0.571. The molecule has 3 nitrogen and oxygen atoms in total. The van der Waals surface area contributed by atoms with Crippen LogP contribution in [0.3, 0.4) is 0 Å². The van der Waals surface area contributed by atoms with E-state index in [1.54, 1.807) is 30.2 Å². The van der Waals surface area contributed by atoms with Crippen LogP contribution in [0.4, 0.5) is 0 Å². The van der Waals surface area contributed by atoms with Crippen LogP contribution in [0, 0.1) is 0 Å². The molecule has 0 spiro atoms. The molecule has 90 valence electrons. The van der Waals surface area contributed by atoms with E-state index < -0.39 is 6.10 Å². The highest BCUT2D eigenvalue weighted by Crippen LogP contribution is 2.30. The highest BCUT2D eigenvalue weighted by Gasteiger charge is 2.14. The summed E-state index contributed by atoms with van der Waals surface area (Å²) < 4.78 is 6.20. The maximum atomic E-state index is 10.2. The van der Waals surface area contributed by atoms with Crippen LogP contribution in [0.1, 0.15) is 16.5 Å². The summed E-state index contributed by atoms with van der Waals surface area (Å²) in [5, 5.41) is 10.2. The molecule has 1 N–H and O–H groups in total. The van der Waals surface area contributed by atoms with Gasteiger partial charge in [-0.25, -0.2) is 0 Å². The first-order valence-electron chi connectivity index (χ1n) is 5.09. The largest absolute Gasteiger partial charge is 0.496 e. The summed E-state index contributed by atoms with van der Waals surface area (Å²) in [6.07, 6.45) is 1.76. The molecular formula is C12H12BrNO2S. The molecule has 0 bridgehead atoms. The first kappa shape index (κ1) is 12.5. The molecule has 1 aromatic heterocycles. The smallest absolute Gasteiger partial charge is 0.125 e. The number of benzene rings is 1. The lowest BCUT2D eigenvalue weighted by molar-refractivity contribution is 0.175. The zero-order valence-corrected chi connectivity index (χ0v) is 11.7. The molecule has 0 aliphatic rings. The fourth-order valence-corrected chi connectivity index (χ4v) is 2.58. The number of aliphatic hydroxyl groups is 1. The van der Waals surface area contributed by atoms with Gasteiger partial charge < -0.3 is 9.84 Å². The standard InChI is InChI=1S/C12H12BrNO2S/c1-16-12-4-8(13)2-3-10(12)11(15)5-9-6-14-7-17-9/h2-4,6-7,11,15H,5H2,1H3. The van der Waals surface area contributed by atoms with E-state index in [0.717, 1.165) is 14.9 Å². The Balaban J connectivity index is 2.21. The van der Waals surface area contributed by atoms with E-state index in [1.807, 2.05) is 18.2 Å². The molecule has 5 heteroatoms. The molecule has 0 fully saturated rings. The second-order valence-corrected chi connectivity index (χ2v) is 5.46. The number of aliphatic hydroxyl groups excluding tert-OH is 1. The van der Waals surface area contributed by atoms with Crippen LogP contribution < -0.4 is 4.74 Å². The molecule has 0 saturated heterocycles. The van der Waals surface area contributed by atoms with Gasteiger partial charge in [0.1, 0.15) is 5.75 Å². The number of halogens is 1. The van der Waals surface area contributed by atoms with Crippen molar-refractivity contribution in [3.05, 3.63) is 44.8 Å². The molecule has 2 rings (SSSR count). The van der Waals surface area contributed by atoms with Crippen molar-refractivity contribution in [2.24, 2.45) is 0 Å². The SMILES string of the molecule is COc1cc(Br)ccc1C(O)Cc1cncs1. The lowest BCUT2D eigenvalue weighted by Crippen LogP contribution is -2.03. The van der Waals surface area contributed by atoms with Crippen LogP contribution in [0.25, 0.3) is 0 Å². The Hall–Kier alpha value is -0.910. The lowest BCUT2D eigenvalue weighted by atomic mass is 10.1. The van der Waals surface area contributed by atoms with Crippen LogP contribution >= 0.6 is 27.3 Å². The van der Waals surface area contributed by atoms with Crippen LogP contribution in [0.15, 0.2) is 34.4 Å². The van der Waals surface area contributed by atoms with E-state index in [9.17, 15) is 5.11 Å². The van der Waals surface area contributed by atoms with Crippen molar-refractivity contribution in [2.75, 3.05) is 7.11 Å². The molecule has 0 amide bonds. The first-order chi connectivity index (χ1) is 8.20. The van der Waals surface area contributed by atoms with Gasteiger partial charge >= 0.3 is 0 Å². The Morgan fingerprint density at radius 2 is 2.35 bits per heavy atom. The average molecular weight is 314 g/mol. The van der Waals surface area contributed by atoms with Gasteiger partial charge in [-0.15, -0.1) is 11.3 Å². The molecule has 17 heavy (non-hydrogen) atoms. The van der Waals surface area contributed by atoms with Crippen molar-refractivity contribution < 1.29 is 9.84 Å². The topological polar surface area (TPSA) is 42.4 Å². The molecule has 1 atom stereocenters. The third-order valence-electron chi connectivity index (χ3n) is 2.43. The van der Waals surface area contributed by atoms with Crippen molar-refractivity contribution in [2.45, 2.75) is 12.5 Å². The molecule has 1 aromatic carbocycles. The molecule has 2 aromatic rings. The van der Waals surface area contributed by atoms with E-state index in [0.29, 0.717) is 12.2 Å². The average Bonchev–Trinajstić information content (AvgIpc) is 2.81. The van der Waals surface area contributed by atoms with Gasteiger partial charge in [0.25, 0.3) is 0 Å². The summed E-state index contributed by atoms with van der Waals surface area (Å²) in [4.78, 5) is 5.05. The minimum absolute atomic E-state index is 0.558. The highest BCUT2D eigenvalue weighted by molar-refractivity contribution is 9.10. The first-order valence-corrected chi connectivity index (χ1v) is 6.77. The fourth-order valence-electron chi connectivity index (χ4n) is 1.60. The van der Waals surface area contributed by atoms with Gasteiger partial charge in [0.15, 0.2) is 0 Å². The molecule has 0 aliphatic heterocycles. The molecule has 1 unspecified atom stereocenters. The summed E-state index contributed by atoms with van der Waals surface area (Å²) in [5.41, 5.74) is 2.56. The summed E-state index contributed by atoms with van der Waals surface area (Å²) in [6, 6.07) is 5.62. The third kappa shape index (κ3) is 3.06. The van der Waals surface area contributed by atoms with Crippen LogP contribution in [-0.4, -0.2) is 17.2 Å².